The predicted octanol–water partition coefficient (Wildman–Crippen LogP) is 9.53. The van der Waals surface area contributed by atoms with Crippen LogP contribution in [0.15, 0.2) is 185 Å². The third-order valence-electron chi connectivity index (χ3n) is 7.78. The molecule has 6 aromatic rings. The summed E-state index contributed by atoms with van der Waals surface area (Å²) < 4.78 is 11.1. The summed E-state index contributed by atoms with van der Waals surface area (Å²) >= 11 is 0. The van der Waals surface area contributed by atoms with Crippen LogP contribution < -0.4 is 10.6 Å². The van der Waals surface area contributed by atoms with Crippen LogP contribution in [0.3, 0.4) is 0 Å². The fourth-order valence-corrected chi connectivity index (χ4v) is 8.63. The van der Waals surface area contributed by atoms with Crippen LogP contribution >= 0.6 is 7.21 Å². The lowest BCUT2D eigenvalue weighted by Gasteiger charge is -2.28. The van der Waals surface area contributed by atoms with E-state index in [-0.39, 0.29) is 0 Å². The minimum atomic E-state index is -2.76. The molecule has 0 saturated heterocycles. The fourth-order valence-electron chi connectivity index (χ4n) is 5.64. The lowest BCUT2D eigenvalue weighted by atomic mass is 9.92. The predicted molar refractivity (Wildman–Crippen MR) is 184 cm³/mol. The van der Waals surface area contributed by atoms with E-state index in [1.165, 1.54) is 0 Å². The van der Waals surface area contributed by atoms with E-state index in [0.717, 1.165) is 44.0 Å². The van der Waals surface area contributed by atoms with Crippen molar-refractivity contribution in [1.29, 1.82) is 5.26 Å². The first-order valence-electron chi connectivity index (χ1n) is 14.6. The van der Waals surface area contributed by atoms with Crippen molar-refractivity contribution < 1.29 is 0 Å². The summed E-state index contributed by atoms with van der Waals surface area (Å²) in [5, 5.41) is 12.9. The molecular weight excluding hydrogens is 553 g/mol. The van der Waals surface area contributed by atoms with Crippen LogP contribution in [-0.4, -0.2) is 5.71 Å². The quantitative estimate of drug-likeness (QED) is 0.181. The SMILES string of the molecule is N#CC1=C(c2cc(-c3ccccc3)cc(-c3ccccc3)c2)N=P(c2ccccc2)(c2ccccc2)N=C1c1ccccc1. The summed E-state index contributed by atoms with van der Waals surface area (Å²) in [6.07, 6.45) is 0. The number of rotatable bonds is 6. The third kappa shape index (κ3) is 5.13. The molecule has 1 aliphatic rings. The van der Waals surface area contributed by atoms with Gasteiger partial charge in [0.1, 0.15) is 18.8 Å². The van der Waals surface area contributed by atoms with Crippen LogP contribution in [0.4, 0.5) is 0 Å². The fraction of sp³-hybridized carbons (Fsp3) is 0. The first kappa shape index (κ1) is 27.3. The van der Waals surface area contributed by atoms with Crippen molar-refractivity contribution in [3.05, 3.63) is 187 Å². The standard InChI is InChI=1S/C40H28N3P/c41-29-38-39(32-20-10-3-11-21-32)42-44(36-22-12-4-13-23-36,37-24-14-5-15-25-37)43-40(38)35-27-33(30-16-6-1-7-17-30)26-34(28-35)31-18-8-2-9-19-31/h1-28H. The molecule has 44 heavy (non-hydrogen) atoms. The topological polar surface area (TPSA) is 48.5 Å². The molecule has 0 radical (unpaired) electrons. The summed E-state index contributed by atoms with van der Waals surface area (Å²) in [6, 6.07) is 60.5. The first-order chi connectivity index (χ1) is 21.7. The Labute approximate surface area is 258 Å². The van der Waals surface area contributed by atoms with Gasteiger partial charge in [-0.15, -0.1) is 0 Å². The number of nitrogens with zero attached hydrogens (tertiary/aromatic N) is 3. The van der Waals surface area contributed by atoms with Crippen LogP contribution in [0, 0.1) is 11.3 Å². The van der Waals surface area contributed by atoms with Crippen molar-refractivity contribution in [2.75, 3.05) is 0 Å². The molecule has 0 atom stereocenters. The first-order valence-corrected chi connectivity index (χ1v) is 16.2. The Balaban J connectivity index is 1.60. The second kappa shape index (κ2) is 12.0. The molecule has 0 unspecified atom stereocenters. The Kier molecular flexibility index (Phi) is 7.43. The number of nitriles is 1. The van der Waals surface area contributed by atoms with Gasteiger partial charge in [-0.1, -0.05) is 152 Å². The summed E-state index contributed by atoms with van der Waals surface area (Å²) in [6.45, 7) is 0. The highest BCUT2D eigenvalue weighted by Gasteiger charge is 2.33. The van der Waals surface area contributed by atoms with Gasteiger partial charge in [0.15, 0.2) is 0 Å². The molecular formula is C40H28N3P. The maximum Gasteiger partial charge on any atom is 0.137 e. The van der Waals surface area contributed by atoms with Gasteiger partial charge in [0.05, 0.1) is 11.4 Å². The van der Waals surface area contributed by atoms with Crippen LogP contribution in [-0.2, 0) is 0 Å². The second-order valence-corrected chi connectivity index (χ2v) is 13.2. The van der Waals surface area contributed by atoms with Gasteiger partial charge in [-0.05, 0) is 40.5 Å². The Morgan fingerprint density at radius 1 is 0.432 bits per heavy atom. The van der Waals surface area contributed by atoms with E-state index in [9.17, 15) is 5.26 Å². The van der Waals surface area contributed by atoms with E-state index < -0.39 is 7.21 Å². The number of allylic oxidation sites excluding steroid dienone is 1. The average molecular weight is 582 g/mol. The normalized spacial score (nSPS) is 13.8. The maximum absolute atomic E-state index is 10.8. The maximum atomic E-state index is 10.8. The van der Waals surface area contributed by atoms with Crippen molar-refractivity contribution >= 4 is 29.2 Å². The molecule has 4 heteroatoms. The highest BCUT2D eigenvalue weighted by atomic mass is 31.2. The van der Waals surface area contributed by atoms with Crippen LogP contribution in [0.1, 0.15) is 11.1 Å². The van der Waals surface area contributed by atoms with E-state index in [2.05, 4.69) is 97.1 Å². The van der Waals surface area contributed by atoms with E-state index in [4.69, 9.17) is 9.51 Å². The molecule has 6 aromatic carbocycles. The van der Waals surface area contributed by atoms with Crippen LogP contribution in [0.2, 0.25) is 0 Å². The monoisotopic (exact) mass is 581 g/mol. The Morgan fingerprint density at radius 2 is 0.818 bits per heavy atom. The minimum absolute atomic E-state index is 0.475. The average Bonchev–Trinajstić information content (AvgIpc) is 3.12. The molecule has 3 nitrogen and oxygen atoms in total. The summed E-state index contributed by atoms with van der Waals surface area (Å²) in [5.41, 5.74) is 7.93. The molecule has 0 N–H and O–H groups in total. The molecule has 1 aliphatic heterocycles. The van der Waals surface area contributed by atoms with Gasteiger partial charge in [-0.25, -0.2) is 9.51 Å². The van der Waals surface area contributed by atoms with Crippen molar-refractivity contribution in [3.8, 4) is 28.3 Å². The minimum Gasteiger partial charge on any atom is -0.234 e. The van der Waals surface area contributed by atoms with E-state index in [0.29, 0.717) is 17.0 Å². The number of hydrogen-bond donors (Lipinski definition) is 0. The summed E-state index contributed by atoms with van der Waals surface area (Å²) in [5.74, 6) is 0. The molecule has 0 aliphatic carbocycles. The smallest absolute Gasteiger partial charge is 0.137 e. The number of benzene rings is 6. The van der Waals surface area contributed by atoms with E-state index in [1.54, 1.807) is 0 Å². The Bertz CT molecular complexity index is 1990. The molecule has 1 heterocycles. The van der Waals surface area contributed by atoms with Crippen LogP contribution in [0.25, 0.3) is 28.0 Å². The third-order valence-corrected chi connectivity index (χ3v) is 10.8. The van der Waals surface area contributed by atoms with Gasteiger partial charge in [0.25, 0.3) is 0 Å². The molecule has 0 amide bonds. The lowest BCUT2D eigenvalue weighted by molar-refractivity contribution is 1.43. The Morgan fingerprint density at radius 3 is 1.25 bits per heavy atom. The molecule has 7 rings (SSSR count). The molecule has 0 fully saturated rings. The second-order valence-electron chi connectivity index (χ2n) is 10.6. The molecule has 208 valence electrons. The van der Waals surface area contributed by atoms with Crippen molar-refractivity contribution in [2.45, 2.75) is 0 Å². The zero-order valence-electron chi connectivity index (χ0n) is 24.0. The van der Waals surface area contributed by atoms with Gasteiger partial charge in [0, 0.05) is 21.7 Å². The molecule has 0 spiro atoms. The van der Waals surface area contributed by atoms with Crippen LogP contribution in [0.5, 0.6) is 0 Å². The van der Waals surface area contributed by atoms with Gasteiger partial charge in [0.2, 0.25) is 0 Å². The Hall–Kier alpha value is -5.55. The lowest BCUT2D eigenvalue weighted by Crippen LogP contribution is -2.20. The van der Waals surface area contributed by atoms with Gasteiger partial charge in [-0.3, -0.25) is 0 Å². The summed E-state index contributed by atoms with van der Waals surface area (Å²) in [4.78, 5) is 0. The van der Waals surface area contributed by atoms with Gasteiger partial charge in [-0.2, -0.15) is 5.26 Å². The van der Waals surface area contributed by atoms with Crippen molar-refractivity contribution in [2.24, 2.45) is 9.51 Å². The highest BCUT2D eigenvalue weighted by molar-refractivity contribution is 7.80. The summed E-state index contributed by atoms with van der Waals surface area (Å²) in [7, 11) is -2.76. The molecule has 0 aromatic heterocycles. The highest BCUT2D eigenvalue weighted by Crippen LogP contribution is 2.55. The number of hydrogen-bond acceptors (Lipinski definition) is 3. The zero-order valence-corrected chi connectivity index (χ0v) is 24.8. The van der Waals surface area contributed by atoms with E-state index in [1.807, 2.05) is 78.9 Å². The van der Waals surface area contributed by atoms with Gasteiger partial charge >= 0.3 is 0 Å². The molecule has 0 bridgehead atoms. The molecule has 0 saturated carbocycles. The van der Waals surface area contributed by atoms with Gasteiger partial charge < -0.3 is 0 Å². The zero-order chi connectivity index (χ0) is 29.8. The van der Waals surface area contributed by atoms with Crippen molar-refractivity contribution in [1.82, 2.24) is 0 Å². The largest absolute Gasteiger partial charge is 0.234 e. The van der Waals surface area contributed by atoms with Crippen molar-refractivity contribution in [3.63, 3.8) is 0 Å². The van der Waals surface area contributed by atoms with E-state index >= 15 is 0 Å².